The van der Waals surface area contributed by atoms with E-state index < -0.39 is 0 Å². The van der Waals surface area contributed by atoms with Gasteiger partial charge < -0.3 is 5.32 Å². The fraction of sp³-hybridized carbons (Fsp3) is 0.647. The van der Waals surface area contributed by atoms with Gasteiger partial charge in [0, 0.05) is 42.3 Å². The van der Waals surface area contributed by atoms with Crippen LogP contribution in [0.4, 0.5) is 4.39 Å². The number of rotatable bonds is 3. The number of benzene rings is 1. The number of halogens is 4. The van der Waals surface area contributed by atoms with Crippen LogP contribution in [0.5, 0.6) is 0 Å². The molecule has 1 aromatic carbocycles. The number of hydrogen-bond acceptors (Lipinski definition) is 2. The summed E-state index contributed by atoms with van der Waals surface area (Å²) in [6.45, 7) is 4.05. The molecule has 1 aliphatic heterocycles. The molecule has 0 spiro atoms. The van der Waals surface area contributed by atoms with Gasteiger partial charge in [-0.1, -0.05) is 41.3 Å². The predicted molar refractivity (Wildman–Crippen MR) is 102 cm³/mol. The Bertz CT molecular complexity index is 439. The van der Waals surface area contributed by atoms with Crippen LogP contribution in [0.2, 0.25) is 0 Å². The van der Waals surface area contributed by atoms with Crippen molar-refractivity contribution in [2.45, 2.75) is 38.1 Å². The highest BCUT2D eigenvalue weighted by Crippen LogP contribution is 2.41. The van der Waals surface area contributed by atoms with Crippen molar-refractivity contribution in [1.82, 2.24) is 10.2 Å². The van der Waals surface area contributed by atoms with Gasteiger partial charge >= 0.3 is 0 Å². The van der Waals surface area contributed by atoms with Crippen molar-refractivity contribution in [1.29, 1.82) is 0 Å². The van der Waals surface area contributed by atoms with E-state index in [4.69, 9.17) is 0 Å². The van der Waals surface area contributed by atoms with Crippen LogP contribution < -0.4 is 5.32 Å². The summed E-state index contributed by atoms with van der Waals surface area (Å²) < 4.78 is 15.5. The van der Waals surface area contributed by atoms with Crippen LogP contribution in [0.25, 0.3) is 0 Å². The molecule has 0 radical (unpaired) electrons. The lowest BCUT2D eigenvalue weighted by molar-refractivity contribution is 0.100. The van der Waals surface area contributed by atoms with E-state index in [0.717, 1.165) is 36.2 Å². The van der Waals surface area contributed by atoms with Crippen molar-refractivity contribution in [3.05, 3.63) is 34.1 Å². The van der Waals surface area contributed by atoms with Crippen LogP contribution >= 0.6 is 40.7 Å². The normalized spacial score (nSPS) is 21.1. The summed E-state index contributed by atoms with van der Waals surface area (Å²) in [6, 6.07) is 5.61. The van der Waals surface area contributed by atoms with Crippen LogP contribution in [0.1, 0.15) is 43.7 Å². The van der Waals surface area contributed by atoms with Crippen molar-refractivity contribution in [3.63, 3.8) is 0 Å². The molecular formula is C17H26BrCl2FN2. The van der Waals surface area contributed by atoms with E-state index >= 15 is 0 Å². The maximum atomic E-state index is 14.5. The highest BCUT2D eigenvalue weighted by Gasteiger charge is 2.33. The molecule has 23 heavy (non-hydrogen) atoms. The zero-order valence-corrected chi connectivity index (χ0v) is 16.5. The Morgan fingerprint density at radius 1 is 1.09 bits per heavy atom. The lowest BCUT2D eigenvalue weighted by atomic mass is 9.80. The van der Waals surface area contributed by atoms with Crippen LogP contribution in [0.3, 0.4) is 0 Å². The molecule has 1 heterocycles. The Morgan fingerprint density at radius 2 is 1.74 bits per heavy atom. The van der Waals surface area contributed by atoms with Gasteiger partial charge in [0.1, 0.15) is 5.82 Å². The van der Waals surface area contributed by atoms with Crippen LogP contribution in [0.15, 0.2) is 22.7 Å². The highest BCUT2D eigenvalue weighted by molar-refractivity contribution is 9.10. The molecule has 0 amide bonds. The van der Waals surface area contributed by atoms with E-state index in [9.17, 15) is 4.39 Å². The minimum absolute atomic E-state index is 0. The second kappa shape index (κ2) is 10.2. The van der Waals surface area contributed by atoms with Crippen molar-refractivity contribution in [2.75, 3.05) is 26.2 Å². The predicted octanol–water partition coefficient (Wildman–Crippen LogP) is 4.96. The van der Waals surface area contributed by atoms with E-state index in [1.54, 1.807) is 12.1 Å². The quantitative estimate of drug-likeness (QED) is 0.733. The zero-order chi connectivity index (χ0) is 14.7. The first kappa shape index (κ1) is 21.2. The number of hydrogen-bond donors (Lipinski definition) is 1. The van der Waals surface area contributed by atoms with Gasteiger partial charge in [0.15, 0.2) is 0 Å². The summed E-state index contributed by atoms with van der Waals surface area (Å²) in [5.41, 5.74) is 0.881. The van der Waals surface area contributed by atoms with E-state index in [0.29, 0.717) is 5.92 Å². The van der Waals surface area contributed by atoms with Gasteiger partial charge in [0.05, 0.1) is 0 Å². The summed E-state index contributed by atoms with van der Waals surface area (Å²) in [6.07, 6.45) is 6.38. The topological polar surface area (TPSA) is 15.3 Å². The minimum Gasteiger partial charge on any atom is -0.314 e. The molecule has 132 valence electrons. The fourth-order valence-corrected chi connectivity index (χ4v) is 4.50. The van der Waals surface area contributed by atoms with Crippen LogP contribution in [-0.2, 0) is 0 Å². The van der Waals surface area contributed by atoms with E-state index in [1.807, 2.05) is 6.07 Å². The van der Waals surface area contributed by atoms with Crippen molar-refractivity contribution < 1.29 is 4.39 Å². The smallest absolute Gasteiger partial charge is 0.129 e. The average molecular weight is 428 g/mol. The second-order valence-electron chi connectivity index (χ2n) is 6.26. The van der Waals surface area contributed by atoms with Gasteiger partial charge in [0.2, 0.25) is 0 Å². The monoisotopic (exact) mass is 426 g/mol. The van der Waals surface area contributed by atoms with Gasteiger partial charge in [-0.15, -0.1) is 24.8 Å². The van der Waals surface area contributed by atoms with Crippen LogP contribution in [-0.4, -0.2) is 31.1 Å². The maximum absolute atomic E-state index is 14.5. The summed E-state index contributed by atoms with van der Waals surface area (Å²) >= 11 is 3.60. The van der Waals surface area contributed by atoms with E-state index in [-0.39, 0.29) is 36.7 Å². The Kier molecular flexibility index (Phi) is 9.39. The third kappa shape index (κ3) is 5.05. The van der Waals surface area contributed by atoms with Gasteiger partial charge in [-0.2, -0.15) is 0 Å². The Morgan fingerprint density at radius 3 is 2.35 bits per heavy atom. The van der Waals surface area contributed by atoms with Crippen LogP contribution in [0, 0.1) is 11.7 Å². The molecule has 1 aliphatic carbocycles. The second-order valence-corrected chi connectivity index (χ2v) is 7.12. The molecule has 3 rings (SSSR count). The van der Waals surface area contributed by atoms with Gasteiger partial charge in [-0.3, -0.25) is 4.90 Å². The Labute approximate surface area is 159 Å². The average Bonchev–Trinajstić information content (AvgIpc) is 2.53. The standard InChI is InChI=1S/C17H24BrFN2.2ClH/c18-14-7-4-8-15(19)16(14)17(13-5-2-1-3-6-13)21-11-9-20-10-12-21;;/h4,7-8,13,17,20H,1-3,5-6,9-12H2;2*1H/t17-;;/m0../s1. The maximum Gasteiger partial charge on any atom is 0.129 e. The summed E-state index contributed by atoms with van der Waals surface area (Å²) in [5.74, 6) is 0.531. The first-order chi connectivity index (χ1) is 10.3. The largest absolute Gasteiger partial charge is 0.314 e. The molecular weight excluding hydrogens is 402 g/mol. The molecule has 6 heteroatoms. The molecule has 1 atom stereocenters. The van der Waals surface area contributed by atoms with Gasteiger partial charge in [0.25, 0.3) is 0 Å². The van der Waals surface area contributed by atoms with Crippen molar-refractivity contribution >= 4 is 40.7 Å². The molecule has 1 saturated carbocycles. The SMILES string of the molecule is Cl.Cl.Fc1cccc(Br)c1[C@H](C1CCCCC1)N1CCNCC1. The molecule has 0 bridgehead atoms. The lowest BCUT2D eigenvalue weighted by Crippen LogP contribution is -2.47. The summed E-state index contributed by atoms with van der Waals surface area (Å²) in [7, 11) is 0. The van der Waals surface area contributed by atoms with E-state index in [2.05, 4.69) is 26.1 Å². The molecule has 2 fully saturated rings. The lowest BCUT2D eigenvalue weighted by Gasteiger charge is -2.41. The first-order valence-electron chi connectivity index (χ1n) is 8.16. The van der Waals surface area contributed by atoms with Crippen molar-refractivity contribution in [3.8, 4) is 0 Å². The zero-order valence-electron chi connectivity index (χ0n) is 13.3. The molecule has 2 nitrogen and oxygen atoms in total. The summed E-state index contributed by atoms with van der Waals surface area (Å²) in [5, 5.41) is 3.41. The Balaban J connectivity index is 0.00000132. The fourth-order valence-electron chi connectivity index (χ4n) is 3.92. The molecule has 0 unspecified atom stereocenters. The van der Waals surface area contributed by atoms with Crippen molar-refractivity contribution in [2.24, 2.45) is 5.92 Å². The highest BCUT2D eigenvalue weighted by atomic mass is 79.9. The number of nitrogens with one attached hydrogen (secondary N) is 1. The number of nitrogens with zero attached hydrogens (tertiary/aromatic N) is 1. The molecule has 1 N–H and O–H groups in total. The molecule has 2 aliphatic rings. The first-order valence-corrected chi connectivity index (χ1v) is 8.95. The number of piperazine rings is 1. The molecule has 1 saturated heterocycles. The van der Waals surface area contributed by atoms with Gasteiger partial charge in [-0.05, 0) is 30.9 Å². The third-order valence-corrected chi connectivity index (χ3v) is 5.63. The molecule has 1 aromatic rings. The summed E-state index contributed by atoms with van der Waals surface area (Å²) in [4.78, 5) is 2.50. The van der Waals surface area contributed by atoms with Gasteiger partial charge in [-0.25, -0.2) is 4.39 Å². The third-order valence-electron chi connectivity index (χ3n) is 4.94. The Hall–Kier alpha value is 0.130. The minimum atomic E-state index is -0.0570. The molecule has 0 aromatic heterocycles. The van der Waals surface area contributed by atoms with E-state index in [1.165, 1.54) is 32.1 Å².